The summed E-state index contributed by atoms with van der Waals surface area (Å²) in [5, 5.41) is 2.92. The standard InChI is InChI=1S/C29H34N6O4S/c1-29(2,3)39-28(38)34-16-14-33(15-17-34)25-12-13-30-18-24(25)32-27(37)23-6-5-7-26(31-23)35(20-36)19-21-8-10-22(40-4)11-9-21/h5-13,18,20H,14-17,19H2,1-4H3,(H,32,37). The average Bonchev–Trinajstić information content (AvgIpc) is 2.96. The number of nitrogens with one attached hydrogen (secondary N) is 1. The maximum atomic E-state index is 13.2. The molecule has 40 heavy (non-hydrogen) atoms. The molecule has 0 bridgehead atoms. The number of anilines is 3. The number of aromatic nitrogens is 2. The zero-order valence-electron chi connectivity index (χ0n) is 23.2. The van der Waals surface area contributed by atoms with Gasteiger partial charge in [-0.1, -0.05) is 18.2 Å². The van der Waals surface area contributed by atoms with Gasteiger partial charge in [-0.2, -0.15) is 0 Å². The highest BCUT2D eigenvalue weighted by atomic mass is 32.2. The molecule has 10 nitrogen and oxygen atoms in total. The fourth-order valence-electron chi connectivity index (χ4n) is 4.21. The smallest absolute Gasteiger partial charge is 0.410 e. The van der Waals surface area contributed by atoms with E-state index in [1.54, 1.807) is 47.3 Å². The number of piperazine rings is 1. The number of amides is 3. The highest BCUT2D eigenvalue weighted by molar-refractivity contribution is 7.98. The first kappa shape index (κ1) is 28.9. The summed E-state index contributed by atoms with van der Waals surface area (Å²) in [7, 11) is 0. The van der Waals surface area contributed by atoms with Crippen LogP contribution in [0.2, 0.25) is 0 Å². The summed E-state index contributed by atoms with van der Waals surface area (Å²) >= 11 is 1.65. The summed E-state index contributed by atoms with van der Waals surface area (Å²) in [5.41, 5.74) is 1.91. The minimum atomic E-state index is -0.551. The molecule has 0 unspecified atom stereocenters. The molecule has 1 aliphatic rings. The van der Waals surface area contributed by atoms with Crippen LogP contribution >= 0.6 is 11.8 Å². The summed E-state index contributed by atoms with van der Waals surface area (Å²) in [6.07, 6.45) is 5.64. The van der Waals surface area contributed by atoms with Crippen LogP contribution in [0, 0.1) is 0 Å². The number of pyridine rings is 2. The van der Waals surface area contributed by atoms with Gasteiger partial charge in [-0.05, 0) is 62.9 Å². The summed E-state index contributed by atoms with van der Waals surface area (Å²) in [5.74, 6) is -0.0417. The second-order valence-electron chi connectivity index (χ2n) is 10.3. The lowest BCUT2D eigenvalue weighted by Gasteiger charge is -2.37. The lowest BCUT2D eigenvalue weighted by atomic mass is 10.2. The number of hydrogen-bond acceptors (Lipinski definition) is 8. The molecule has 0 saturated carbocycles. The number of thioether (sulfide) groups is 1. The van der Waals surface area contributed by atoms with E-state index in [0.717, 1.165) is 16.1 Å². The lowest BCUT2D eigenvalue weighted by Crippen LogP contribution is -2.50. The Hall–Kier alpha value is -4.12. The van der Waals surface area contributed by atoms with Crippen LogP contribution in [0.1, 0.15) is 36.8 Å². The third kappa shape index (κ3) is 7.50. The van der Waals surface area contributed by atoms with E-state index in [-0.39, 0.29) is 11.8 Å². The van der Waals surface area contributed by atoms with E-state index in [1.807, 2.05) is 57.4 Å². The fraction of sp³-hybridized carbons (Fsp3) is 0.345. The van der Waals surface area contributed by atoms with Crippen LogP contribution in [0.25, 0.3) is 0 Å². The van der Waals surface area contributed by atoms with Crippen molar-refractivity contribution in [3.63, 3.8) is 0 Å². The van der Waals surface area contributed by atoms with Crippen molar-refractivity contribution in [1.29, 1.82) is 0 Å². The Morgan fingerprint density at radius 1 is 1.07 bits per heavy atom. The highest BCUT2D eigenvalue weighted by Gasteiger charge is 2.27. The second-order valence-corrected chi connectivity index (χ2v) is 11.1. The van der Waals surface area contributed by atoms with E-state index < -0.39 is 11.5 Å². The molecule has 3 heterocycles. The van der Waals surface area contributed by atoms with Gasteiger partial charge in [0.2, 0.25) is 6.41 Å². The SMILES string of the molecule is CSc1ccc(CN(C=O)c2cccc(C(=O)Nc3cnccc3N3CCN(C(=O)OC(C)(C)C)CC3)n2)cc1. The van der Waals surface area contributed by atoms with Crippen LogP contribution in [0.4, 0.5) is 22.0 Å². The number of hydrogen-bond donors (Lipinski definition) is 1. The van der Waals surface area contributed by atoms with Gasteiger partial charge in [0.25, 0.3) is 5.91 Å². The van der Waals surface area contributed by atoms with Crippen LogP contribution < -0.4 is 15.1 Å². The van der Waals surface area contributed by atoms with Crippen molar-refractivity contribution in [2.45, 2.75) is 37.8 Å². The number of carbonyl (C=O) groups excluding carboxylic acids is 3. The zero-order chi connectivity index (χ0) is 28.7. The van der Waals surface area contributed by atoms with Crippen molar-refractivity contribution in [2.75, 3.05) is 47.6 Å². The average molecular weight is 563 g/mol. The van der Waals surface area contributed by atoms with E-state index in [0.29, 0.717) is 50.6 Å². The minimum absolute atomic E-state index is 0.173. The summed E-state index contributed by atoms with van der Waals surface area (Å²) in [6, 6.07) is 14.8. The molecule has 1 aromatic carbocycles. The number of ether oxygens (including phenoxy) is 1. The quantitative estimate of drug-likeness (QED) is 0.312. The van der Waals surface area contributed by atoms with E-state index in [2.05, 4.69) is 20.2 Å². The Labute approximate surface area is 238 Å². The molecule has 4 rings (SSSR count). The molecular weight excluding hydrogens is 528 g/mol. The predicted octanol–water partition coefficient (Wildman–Crippen LogP) is 4.67. The van der Waals surface area contributed by atoms with Gasteiger partial charge in [0.1, 0.15) is 17.1 Å². The third-order valence-corrected chi connectivity index (χ3v) is 6.96. The largest absolute Gasteiger partial charge is 0.444 e. The molecule has 3 amide bonds. The van der Waals surface area contributed by atoms with Crippen LogP contribution in [-0.2, 0) is 16.1 Å². The number of rotatable bonds is 8. The predicted molar refractivity (Wildman–Crippen MR) is 157 cm³/mol. The van der Waals surface area contributed by atoms with Crippen LogP contribution in [-0.4, -0.2) is 71.3 Å². The molecule has 11 heteroatoms. The Bertz CT molecular complexity index is 1340. The number of benzene rings is 1. The van der Waals surface area contributed by atoms with Gasteiger partial charge < -0.3 is 19.9 Å². The van der Waals surface area contributed by atoms with E-state index in [9.17, 15) is 14.4 Å². The third-order valence-electron chi connectivity index (χ3n) is 6.22. The molecule has 210 valence electrons. The molecule has 2 aromatic heterocycles. The maximum absolute atomic E-state index is 13.2. The lowest BCUT2D eigenvalue weighted by molar-refractivity contribution is -0.107. The van der Waals surface area contributed by atoms with E-state index >= 15 is 0 Å². The van der Waals surface area contributed by atoms with Gasteiger partial charge in [-0.25, -0.2) is 9.78 Å². The summed E-state index contributed by atoms with van der Waals surface area (Å²) < 4.78 is 5.49. The molecule has 0 atom stereocenters. The van der Waals surface area contributed by atoms with Crippen molar-refractivity contribution >= 4 is 47.4 Å². The Kier molecular flexibility index (Phi) is 9.26. The van der Waals surface area contributed by atoms with Crippen molar-refractivity contribution in [1.82, 2.24) is 14.9 Å². The van der Waals surface area contributed by atoms with Gasteiger partial charge in [-0.15, -0.1) is 11.8 Å². The highest BCUT2D eigenvalue weighted by Crippen LogP contribution is 2.27. The van der Waals surface area contributed by atoms with Gasteiger partial charge in [0.15, 0.2) is 0 Å². The van der Waals surface area contributed by atoms with E-state index in [1.165, 1.54) is 4.90 Å². The molecule has 1 aliphatic heterocycles. The van der Waals surface area contributed by atoms with Gasteiger partial charge in [0.05, 0.1) is 24.1 Å². The Morgan fingerprint density at radius 3 is 2.45 bits per heavy atom. The van der Waals surface area contributed by atoms with Crippen molar-refractivity contribution in [3.8, 4) is 0 Å². The topological polar surface area (TPSA) is 108 Å². The molecule has 3 aromatic rings. The molecule has 0 radical (unpaired) electrons. The van der Waals surface area contributed by atoms with Crippen LogP contribution in [0.15, 0.2) is 65.8 Å². The fourth-order valence-corrected chi connectivity index (χ4v) is 4.62. The summed E-state index contributed by atoms with van der Waals surface area (Å²) in [6.45, 7) is 8.01. The van der Waals surface area contributed by atoms with Crippen LogP contribution in [0.3, 0.4) is 0 Å². The zero-order valence-corrected chi connectivity index (χ0v) is 24.0. The van der Waals surface area contributed by atoms with E-state index in [4.69, 9.17) is 4.74 Å². The maximum Gasteiger partial charge on any atom is 0.410 e. The summed E-state index contributed by atoms with van der Waals surface area (Å²) in [4.78, 5) is 52.6. The first-order valence-electron chi connectivity index (χ1n) is 13.0. The van der Waals surface area contributed by atoms with Crippen molar-refractivity contribution < 1.29 is 19.1 Å². The molecule has 1 N–H and O–H groups in total. The van der Waals surface area contributed by atoms with Gasteiger partial charge in [-0.3, -0.25) is 19.5 Å². The number of carbonyl (C=O) groups is 3. The first-order chi connectivity index (χ1) is 19.2. The first-order valence-corrected chi connectivity index (χ1v) is 14.2. The molecule has 1 saturated heterocycles. The molecular formula is C29H34N6O4S. The molecule has 0 spiro atoms. The van der Waals surface area contributed by atoms with Crippen LogP contribution in [0.5, 0.6) is 0 Å². The monoisotopic (exact) mass is 562 g/mol. The number of nitrogens with zero attached hydrogens (tertiary/aromatic N) is 5. The normalized spacial score (nSPS) is 13.5. The van der Waals surface area contributed by atoms with Gasteiger partial charge >= 0.3 is 6.09 Å². The van der Waals surface area contributed by atoms with Crippen molar-refractivity contribution in [2.24, 2.45) is 0 Å². The molecule has 0 aliphatic carbocycles. The van der Waals surface area contributed by atoms with Crippen molar-refractivity contribution in [3.05, 3.63) is 72.2 Å². The van der Waals surface area contributed by atoms with Gasteiger partial charge in [0, 0.05) is 37.3 Å². The Balaban J connectivity index is 1.43. The Morgan fingerprint density at radius 2 is 1.80 bits per heavy atom. The second kappa shape index (κ2) is 12.8. The molecule has 1 fully saturated rings. The minimum Gasteiger partial charge on any atom is -0.444 e.